The lowest BCUT2D eigenvalue weighted by molar-refractivity contribution is -0.124. The first-order valence-corrected chi connectivity index (χ1v) is 5.63. The molecule has 15 heavy (non-hydrogen) atoms. The summed E-state index contributed by atoms with van der Waals surface area (Å²) in [5.74, 6) is -0.108. The SMILES string of the molecule is CCCC.CCCN1CC(=O)N(C)C1=O. The first-order chi connectivity index (χ1) is 7.08. The minimum atomic E-state index is -0.170. The van der Waals surface area contributed by atoms with Gasteiger partial charge in [-0.2, -0.15) is 0 Å². The van der Waals surface area contributed by atoms with Gasteiger partial charge in [0.05, 0.1) is 0 Å². The van der Waals surface area contributed by atoms with Crippen molar-refractivity contribution in [3.05, 3.63) is 0 Å². The number of rotatable bonds is 3. The zero-order valence-corrected chi connectivity index (χ0v) is 10.2. The smallest absolute Gasteiger partial charge is 0.315 e. The second kappa shape index (κ2) is 7.26. The van der Waals surface area contributed by atoms with Crippen LogP contribution in [0.15, 0.2) is 0 Å². The van der Waals surface area contributed by atoms with Gasteiger partial charge < -0.3 is 4.90 Å². The van der Waals surface area contributed by atoms with Crippen molar-refractivity contribution in [2.45, 2.75) is 40.0 Å². The predicted molar refractivity (Wildman–Crippen MR) is 60.6 cm³/mol. The lowest BCUT2D eigenvalue weighted by Gasteiger charge is -2.12. The third kappa shape index (κ3) is 4.32. The highest BCUT2D eigenvalue weighted by Gasteiger charge is 2.31. The van der Waals surface area contributed by atoms with Crippen molar-refractivity contribution < 1.29 is 9.59 Å². The van der Waals surface area contributed by atoms with Crippen LogP contribution in [0.1, 0.15) is 40.0 Å². The van der Waals surface area contributed by atoms with Crippen molar-refractivity contribution >= 4 is 11.9 Å². The van der Waals surface area contributed by atoms with Gasteiger partial charge in [0, 0.05) is 13.6 Å². The molecule has 0 unspecified atom stereocenters. The average molecular weight is 214 g/mol. The minimum absolute atomic E-state index is 0.108. The number of imide groups is 1. The van der Waals surface area contributed by atoms with E-state index in [2.05, 4.69) is 13.8 Å². The van der Waals surface area contributed by atoms with E-state index >= 15 is 0 Å². The summed E-state index contributed by atoms with van der Waals surface area (Å²) in [6.07, 6.45) is 3.53. The molecule has 0 aromatic carbocycles. The van der Waals surface area contributed by atoms with Crippen LogP contribution in [0.3, 0.4) is 0 Å². The zero-order valence-electron chi connectivity index (χ0n) is 10.2. The van der Waals surface area contributed by atoms with E-state index in [1.165, 1.54) is 19.9 Å². The summed E-state index contributed by atoms with van der Waals surface area (Å²) in [6.45, 7) is 7.27. The highest BCUT2D eigenvalue weighted by atomic mass is 16.2. The molecular weight excluding hydrogens is 192 g/mol. The van der Waals surface area contributed by atoms with Crippen LogP contribution in [0.2, 0.25) is 0 Å². The fraction of sp³-hybridized carbons (Fsp3) is 0.818. The van der Waals surface area contributed by atoms with Gasteiger partial charge >= 0.3 is 6.03 Å². The fourth-order valence-corrected chi connectivity index (χ4v) is 1.10. The quantitative estimate of drug-likeness (QED) is 0.675. The van der Waals surface area contributed by atoms with E-state index in [0.29, 0.717) is 6.54 Å². The normalized spacial score (nSPS) is 15.5. The molecule has 0 aliphatic carbocycles. The van der Waals surface area contributed by atoms with Crippen LogP contribution in [-0.2, 0) is 4.79 Å². The highest BCUT2D eigenvalue weighted by molar-refractivity contribution is 6.01. The number of carbonyl (C=O) groups is 2. The largest absolute Gasteiger partial charge is 0.326 e. The predicted octanol–water partition coefficient (Wildman–Crippen LogP) is 2.10. The van der Waals surface area contributed by atoms with Crippen molar-refractivity contribution in [2.24, 2.45) is 0 Å². The molecule has 0 bridgehead atoms. The molecule has 1 aliphatic heterocycles. The fourth-order valence-electron chi connectivity index (χ4n) is 1.10. The van der Waals surface area contributed by atoms with E-state index in [1.807, 2.05) is 6.92 Å². The summed E-state index contributed by atoms with van der Waals surface area (Å²) in [5, 5.41) is 0. The lowest BCUT2D eigenvalue weighted by Crippen LogP contribution is -2.30. The second-order valence-electron chi connectivity index (χ2n) is 3.66. The summed E-state index contributed by atoms with van der Waals surface area (Å²) in [5.41, 5.74) is 0. The van der Waals surface area contributed by atoms with Gasteiger partial charge in [0.2, 0.25) is 5.91 Å². The number of hydrogen-bond acceptors (Lipinski definition) is 2. The van der Waals surface area contributed by atoms with Crippen molar-refractivity contribution in [3.63, 3.8) is 0 Å². The van der Waals surface area contributed by atoms with Crippen molar-refractivity contribution in [2.75, 3.05) is 20.1 Å². The monoisotopic (exact) mass is 214 g/mol. The minimum Gasteiger partial charge on any atom is -0.315 e. The molecular formula is C11H22N2O2. The topological polar surface area (TPSA) is 40.6 Å². The number of carbonyl (C=O) groups excluding carboxylic acids is 2. The number of likely N-dealkylation sites (N-methyl/N-ethyl adjacent to an activating group) is 1. The molecule has 4 nitrogen and oxygen atoms in total. The Morgan fingerprint density at radius 1 is 1.07 bits per heavy atom. The van der Waals surface area contributed by atoms with Crippen LogP contribution in [0.4, 0.5) is 4.79 Å². The van der Waals surface area contributed by atoms with E-state index in [-0.39, 0.29) is 18.5 Å². The van der Waals surface area contributed by atoms with Gasteiger partial charge in [-0.3, -0.25) is 9.69 Å². The first kappa shape index (κ1) is 13.9. The molecule has 4 heteroatoms. The Hall–Kier alpha value is -1.06. The molecule has 0 N–H and O–H groups in total. The van der Waals surface area contributed by atoms with Crippen LogP contribution < -0.4 is 0 Å². The molecule has 0 atom stereocenters. The molecule has 3 amide bonds. The Balaban J connectivity index is 0.000000423. The van der Waals surface area contributed by atoms with Crippen LogP contribution in [-0.4, -0.2) is 41.9 Å². The maximum atomic E-state index is 11.1. The van der Waals surface area contributed by atoms with Gasteiger partial charge in [-0.15, -0.1) is 0 Å². The molecule has 0 aromatic heterocycles. The number of urea groups is 1. The van der Waals surface area contributed by atoms with Gasteiger partial charge in [-0.25, -0.2) is 4.79 Å². The van der Waals surface area contributed by atoms with Gasteiger partial charge in [-0.1, -0.05) is 33.6 Å². The van der Waals surface area contributed by atoms with Gasteiger partial charge in [0.25, 0.3) is 0 Å². The molecule has 1 saturated heterocycles. The van der Waals surface area contributed by atoms with E-state index in [9.17, 15) is 9.59 Å². The highest BCUT2D eigenvalue weighted by Crippen LogP contribution is 2.07. The standard InChI is InChI=1S/C7H12N2O2.C4H10/c1-3-4-9-5-6(10)8(2)7(9)11;1-3-4-2/h3-5H2,1-2H3;3-4H2,1-2H3. The number of amides is 3. The maximum absolute atomic E-state index is 11.1. The van der Waals surface area contributed by atoms with Crippen LogP contribution in [0.25, 0.3) is 0 Å². The zero-order chi connectivity index (χ0) is 11.8. The molecule has 0 saturated carbocycles. The summed E-state index contributed by atoms with van der Waals surface area (Å²) in [6, 6.07) is -0.170. The average Bonchev–Trinajstić information content (AvgIpc) is 2.47. The van der Waals surface area contributed by atoms with Gasteiger partial charge in [0.1, 0.15) is 6.54 Å². The Morgan fingerprint density at radius 3 is 1.87 bits per heavy atom. The van der Waals surface area contributed by atoms with E-state index in [1.54, 1.807) is 4.90 Å². The number of unbranched alkanes of at least 4 members (excludes halogenated alkanes) is 1. The van der Waals surface area contributed by atoms with E-state index in [4.69, 9.17) is 0 Å². The summed E-state index contributed by atoms with van der Waals surface area (Å²) < 4.78 is 0. The van der Waals surface area contributed by atoms with Crippen molar-refractivity contribution in [1.29, 1.82) is 0 Å². The molecule has 1 heterocycles. The first-order valence-electron chi connectivity index (χ1n) is 5.63. The van der Waals surface area contributed by atoms with Crippen molar-refractivity contribution in [1.82, 2.24) is 9.80 Å². The summed E-state index contributed by atoms with van der Waals surface area (Å²) in [4.78, 5) is 24.8. The maximum Gasteiger partial charge on any atom is 0.326 e. The molecule has 0 radical (unpaired) electrons. The van der Waals surface area contributed by atoms with E-state index in [0.717, 1.165) is 11.3 Å². The van der Waals surface area contributed by atoms with Crippen LogP contribution in [0, 0.1) is 0 Å². The van der Waals surface area contributed by atoms with Crippen LogP contribution >= 0.6 is 0 Å². The summed E-state index contributed by atoms with van der Waals surface area (Å²) in [7, 11) is 1.51. The lowest BCUT2D eigenvalue weighted by atomic mass is 10.4. The van der Waals surface area contributed by atoms with Crippen LogP contribution in [0.5, 0.6) is 0 Å². The second-order valence-corrected chi connectivity index (χ2v) is 3.66. The Bertz CT molecular complexity index is 215. The Labute approximate surface area is 92.2 Å². The molecule has 0 aromatic rings. The molecule has 1 rings (SSSR count). The van der Waals surface area contributed by atoms with Gasteiger partial charge in [-0.05, 0) is 6.42 Å². The van der Waals surface area contributed by atoms with E-state index < -0.39 is 0 Å². The number of hydrogen-bond donors (Lipinski definition) is 0. The molecule has 1 aliphatic rings. The van der Waals surface area contributed by atoms with Gasteiger partial charge in [0.15, 0.2) is 0 Å². The third-order valence-corrected chi connectivity index (χ3v) is 2.25. The summed E-state index contributed by atoms with van der Waals surface area (Å²) >= 11 is 0. The van der Waals surface area contributed by atoms with Crippen molar-refractivity contribution in [3.8, 4) is 0 Å². The Morgan fingerprint density at radius 2 is 1.60 bits per heavy atom. The Kier molecular flexibility index (Phi) is 6.75. The third-order valence-electron chi connectivity index (χ3n) is 2.25. The number of nitrogens with zero attached hydrogens (tertiary/aromatic N) is 2. The molecule has 0 spiro atoms. The molecule has 88 valence electrons. The molecule has 1 fully saturated rings.